The highest BCUT2D eigenvalue weighted by atomic mass is 16.1. The van der Waals surface area contributed by atoms with Crippen molar-refractivity contribution in [2.75, 3.05) is 18.0 Å². The van der Waals surface area contributed by atoms with Gasteiger partial charge in [-0.05, 0) is 52.8 Å². The summed E-state index contributed by atoms with van der Waals surface area (Å²) in [7, 11) is 0. The van der Waals surface area contributed by atoms with E-state index in [1.807, 2.05) is 36.4 Å². The number of rotatable bonds is 2. The van der Waals surface area contributed by atoms with Crippen LogP contribution in [0.25, 0.3) is 33.0 Å². The molecule has 0 saturated carbocycles. The second kappa shape index (κ2) is 7.35. The number of anilines is 1. The molecule has 3 nitrogen and oxygen atoms in total. The van der Waals surface area contributed by atoms with Gasteiger partial charge in [0.1, 0.15) is 6.07 Å². The molecule has 0 N–H and O–H groups in total. The van der Waals surface area contributed by atoms with Gasteiger partial charge in [0.05, 0.1) is 11.3 Å². The van der Waals surface area contributed by atoms with Gasteiger partial charge >= 0.3 is 0 Å². The Morgan fingerprint density at radius 3 is 2.22 bits per heavy atom. The molecule has 1 saturated heterocycles. The maximum atomic E-state index is 13.7. The zero-order chi connectivity index (χ0) is 21.7. The third-order valence-corrected chi connectivity index (χ3v) is 6.86. The van der Waals surface area contributed by atoms with Gasteiger partial charge in [-0.25, -0.2) is 0 Å². The molecule has 1 aliphatic heterocycles. The van der Waals surface area contributed by atoms with Crippen LogP contribution in [0.5, 0.6) is 0 Å². The van der Waals surface area contributed by atoms with Crippen molar-refractivity contribution in [2.45, 2.75) is 19.3 Å². The van der Waals surface area contributed by atoms with Gasteiger partial charge < -0.3 is 4.90 Å². The van der Waals surface area contributed by atoms with Crippen LogP contribution in [0.4, 0.5) is 5.69 Å². The van der Waals surface area contributed by atoms with Crippen LogP contribution >= 0.6 is 0 Å². The van der Waals surface area contributed by atoms with Crippen LogP contribution in [0.15, 0.2) is 72.8 Å². The molecule has 4 aromatic rings. The lowest BCUT2D eigenvalue weighted by Crippen LogP contribution is -2.30. The Balaban J connectivity index is 1.73. The van der Waals surface area contributed by atoms with Crippen LogP contribution in [0, 0.1) is 11.3 Å². The number of carbonyl (C=O) groups is 1. The van der Waals surface area contributed by atoms with Crippen LogP contribution in [0.1, 0.15) is 40.7 Å². The fraction of sp³-hybridized carbons (Fsp3) is 0.172. The number of nitriles is 1. The number of ketones is 1. The molecule has 0 aromatic heterocycles. The summed E-state index contributed by atoms with van der Waals surface area (Å²) in [5.74, 6) is 0.0141. The summed E-state index contributed by atoms with van der Waals surface area (Å²) in [6, 6.07) is 26.8. The highest BCUT2D eigenvalue weighted by Gasteiger charge is 2.34. The Morgan fingerprint density at radius 2 is 1.41 bits per heavy atom. The number of fused-ring (bicyclic) bond motifs is 4. The van der Waals surface area contributed by atoms with Gasteiger partial charge in [-0.3, -0.25) is 4.79 Å². The van der Waals surface area contributed by atoms with E-state index >= 15 is 0 Å². The molecule has 3 heteroatoms. The lowest BCUT2D eigenvalue weighted by atomic mass is 9.88. The van der Waals surface area contributed by atoms with Gasteiger partial charge in [0.2, 0.25) is 0 Å². The summed E-state index contributed by atoms with van der Waals surface area (Å²) in [6.07, 6.45) is 3.48. The SMILES string of the molecule is N#Cc1c(N2CCCCC2)cc(-c2cccc3ccccc23)c2c1-c1ccccc1C2=O. The van der Waals surface area contributed by atoms with Crippen molar-refractivity contribution in [3.8, 4) is 28.3 Å². The van der Waals surface area contributed by atoms with Gasteiger partial charge in [0.15, 0.2) is 5.78 Å². The average molecular weight is 415 g/mol. The quantitative estimate of drug-likeness (QED) is 0.328. The first kappa shape index (κ1) is 18.8. The molecular formula is C29H22N2O. The molecule has 1 heterocycles. The molecule has 154 valence electrons. The normalized spacial score (nSPS) is 14.8. The lowest BCUT2D eigenvalue weighted by molar-refractivity contribution is 0.104. The summed E-state index contributed by atoms with van der Waals surface area (Å²) < 4.78 is 0. The molecule has 2 aliphatic rings. The Bertz CT molecular complexity index is 1430. The largest absolute Gasteiger partial charge is 0.370 e. The Kier molecular flexibility index (Phi) is 4.33. The topological polar surface area (TPSA) is 44.1 Å². The van der Waals surface area contributed by atoms with E-state index in [-0.39, 0.29) is 5.78 Å². The Hall–Kier alpha value is -3.90. The molecule has 0 atom stereocenters. The molecule has 32 heavy (non-hydrogen) atoms. The molecule has 1 aliphatic carbocycles. The second-order valence-electron chi connectivity index (χ2n) is 8.63. The van der Waals surface area contributed by atoms with E-state index in [9.17, 15) is 10.1 Å². The predicted molar refractivity (Wildman–Crippen MR) is 129 cm³/mol. The standard InChI is InChI=1S/C29H22N2O/c30-18-25-26(31-15-6-1-7-16-31)17-24(21-14-8-10-19-9-2-3-11-20(19)21)28-27(25)22-12-4-5-13-23(22)29(28)32/h2-5,8-14,17H,1,6-7,15-16H2. The van der Waals surface area contributed by atoms with Gasteiger partial charge in [-0.1, -0.05) is 66.7 Å². The molecular weight excluding hydrogens is 392 g/mol. The number of benzene rings is 4. The minimum absolute atomic E-state index is 0.0141. The van der Waals surface area contributed by atoms with Crippen LogP contribution in [-0.4, -0.2) is 18.9 Å². The van der Waals surface area contributed by atoms with Crippen molar-refractivity contribution < 1.29 is 4.79 Å². The van der Waals surface area contributed by atoms with E-state index in [4.69, 9.17) is 0 Å². The van der Waals surface area contributed by atoms with Crippen LogP contribution in [-0.2, 0) is 0 Å². The Labute approximate surface area is 187 Å². The van der Waals surface area contributed by atoms with E-state index in [1.54, 1.807) is 0 Å². The average Bonchev–Trinajstić information content (AvgIpc) is 3.16. The summed E-state index contributed by atoms with van der Waals surface area (Å²) in [5.41, 5.74) is 6.60. The lowest BCUT2D eigenvalue weighted by Gasteiger charge is -2.31. The first-order valence-corrected chi connectivity index (χ1v) is 11.3. The minimum Gasteiger partial charge on any atom is -0.370 e. The van der Waals surface area contributed by atoms with Crippen molar-refractivity contribution in [1.82, 2.24) is 0 Å². The second-order valence-corrected chi connectivity index (χ2v) is 8.63. The smallest absolute Gasteiger partial charge is 0.194 e. The van der Waals surface area contributed by atoms with Gasteiger partial charge in [-0.2, -0.15) is 5.26 Å². The summed E-state index contributed by atoms with van der Waals surface area (Å²) >= 11 is 0. The monoisotopic (exact) mass is 414 g/mol. The first-order chi connectivity index (χ1) is 15.8. The number of hydrogen-bond acceptors (Lipinski definition) is 3. The number of carbonyl (C=O) groups excluding carboxylic acids is 1. The van der Waals surface area contributed by atoms with Crippen molar-refractivity contribution in [3.05, 3.63) is 89.5 Å². The van der Waals surface area contributed by atoms with Crippen molar-refractivity contribution >= 4 is 22.2 Å². The minimum atomic E-state index is 0.0141. The van der Waals surface area contributed by atoms with E-state index in [0.717, 1.165) is 64.6 Å². The molecule has 4 aromatic carbocycles. The number of hydrogen-bond donors (Lipinski definition) is 0. The molecule has 0 unspecified atom stereocenters. The summed E-state index contributed by atoms with van der Waals surface area (Å²) in [5, 5.41) is 12.5. The van der Waals surface area contributed by atoms with E-state index in [0.29, 0.717) is 16.7 Å². The van der Waals surface area contributed by atoms with E-state index in [1.165, 1.54) is 6.42 Å². The zero-order valence-corrected chi connectivity index (χ0v) is 17.8. The Morgan fingerprint density at radius 1 is 0.719 bits per heavy atom. The summed E-state index contributed by atoms with van der Waals surface area (Å²) in [4.78, 5) is 16.0. The molecule has 6 rings (SSSR count). The third kappa shape index (κ3) is 2.70. The van der Waals surface area contributed by atoms with Crippen LogP contribution in [0.2, 0.25) is 0 Å². The number of piperidine rings is 1. The molecule has 0 radical (unpaired) electrons. The van der Waals surface area contributed by atoms with E-state index in [2.05, 4.69) is 47.4 Å². The highest BCUT2D eigenvalue weighted by molar-refractivity contribution is 6.27. The van der Waals surface area contributed by atoms with Gasteiger partial charge in [0, 0.05) is 29.8 Å². The summed E-state index contributed by atoms with van der Waals surface area (Å²) in [6.45, 7) is 1.88. The third-order valence-electron chi connectivity index (χ3n) is 6.86. The molecule has 0 amide bonds. The predicted octanol–water partition coefficient (Wildman–Crippen LogP) is 6.58. The van der Waals surface area contributed by atoms with E-state index < -0.39 is 0 Å². The number of nitrogens with zero attached hydrogens (tertiary/aromatic N) is 2. The molecule has 0 spiro atoms. The van der Waals surface area contributed by atoms with Crippen molar-refractivity contribution in [2.24, 2.45) is 0 Å². The fourth-order valence-electron chi connectivity index (χ4n) is 5.38. The van der Waals surface area contributed by atoms with Gasteiger partial charge in [0.25, 0.3) is 0 Å². The van der Waals surface area contributed by atoms with Gasteiger partial charge in [-0.15, -0.1) is 0 Å². The molecule has 1 fully saturated rings. The van der Waals surface area contributed by atoms with Crippen molar-refractivity contribution in [3.63, 3.8) is 0 Å². The van der Waals surface area contributed by atoms with Crippen LogP contribution < -0.4 is 4.90 Å². The fourth-order valence-corrected chi connectivity index (χ4v) is 5.38. The molecule has 0 bridgehead atoms. The van der Waals surface area contributed by atoms with Crippen LogP contribution in [0.3, 0.4) is 0 Å². The van der Waals surface area contributed by atoms with Crippen molar-refractivity contribution in [1.29, 1.82) is 5.26 Å². The maximum Gasteiger partial charge on any atom is 0.194 e. The highest BCUT2D eigenvalue weighted by Crippen LogP contribution is 2.48. The first-order valence-electron chi connectivity index (χ1n) is 11.3. The zero-order valence-electron chi connectivity index (χ0n) is 17.8. The maximum absolute atomic E-state index is 13.7.